The molecule has 0 aliphatic heterocycles. The lowest BCUT2D eigenvalue weighted by atomic mass is 10.3. The van der Waals surface area contributed by atoms with E-state index in [0.717, 1.165) is 6.42 Å². The van der Waals surface area contributed by atoms with Gasteiger partial charge in [0.1, 0.15) is 6.42 Å². The Hall–Kier alpha value is -1.07. The van der Waals surface area contributed by atoms with Crippen LogP contribution in [0.3, 0.4) is 0 Å². The zero-order valence-electron chi connectivity index (χ0n) is 7.69. The largest absolute Gasteiger partial charge is 0.465 e. The third-order valence-corrected chi connectivity index (χ3v) is 1.38. The number of carbonyl (C=O) groups excluding carboxylic acids is 2. The highest BCUT2D eigenvalue weighted by Crippen LogP contribution is 2.17. The van der Waals surface area contributed by atoms with E-state index in [2.05, 4.69) is 4.74 Å². The van der Waals surface area contributed by atoms with Crippen LogP contribution in [0.5, 0.6) is 0 Å². The van der Waals surface area contributed by atoms with E-state index in [1.165, 1.54) is 0 Å². The van der Waals surface area contributed by atoms with Gasteiger partial charge in [0.15, 0.2) is 0 Å². The van der Waals surface area contributed by atoms with Gasteiger partial charge in [-0.15, -0.1) is 0 Å². The molecule has 14 heavy (non-hydrogen) atoms. The van der Waals surface area contributed by atoms with Crippen molar-refractivity contribution < 1.29 is 27.5 Å². The Bertz CT molecular complexity index is 210. The molecular weight excluding hydrogens is 201 g/mol. The average molecular weight is 212 g/mol. The smallest absolute Gasteiger partial charge is 0.450 e. The van der Waals surface area contributed by atoms with Crippen LogP contribution in [0.4, 0.5) is 13.2 Å². The van der Waals surface area contributed by atoms with Crippen molar-refractivity contribution in [3.8, 4) is 0 Å². The minimum atomic E-state index is -4.95. The monoisotopic (exact) mass is 212 g/mol. The van der Waals surface area contributed by atoms with E-state index >= 15 is 0 Å². The van der Waals surface area contributed by atoms with Crippen LogP contribution in [0.1, 0.15) is 26.2 Å². The van der Waals surface area contributed by atoms with E-state index < -0.39 is 24.3 Å². The summed E-state index contributed by atoms with van der Waals surface area (Å²) in [6.07, 6.45) is -4.84. The van der Waals surface area contributed by atoms with Gasteiger partial charge in [0, 0.05) is 0 Å². The van der Waals surface area contributed by atoms with Crippen molar-refractivity contribution in [2.24, 2.45) is 0 Å². The second-order valence-corrected chi connectivity index (χ2v) is 2.67. The van der Waals surface area contributed by atoms with Crippen LogP contribution in [0.2, 0.25) is 0 Å². The summed E-state index contributed by atoms with van der Waals surface area (Å²) in [5, 5.41) is 0. The summed E-state index contributed by atoms with van der Waals surface area (Å²) in [6, 6.07) is 0. The van der Waals surface area contributed by atoms with Gasteiger partial charge in [-0.3, -0.25) is 9.59 Å². The number of ether oxygens (including phenoxy) is 1. The molecule has 0 saturated heterocycles. The average Bonchev–Trinajstić information content (AvgIpc) is 2.03. The molecule has 6 heteroatoms. The third-order valence-electron chi connectivity index (χ3n) is 1.38. The minimum Gasteiger partial charge on any atom is -0.465 e. The second-order valence-electron chi connectivity index (χ2n) is 2.67. The molecule has 0 rings (SSSR count). The Balaban J connectivity index is 3.78. The zero-order chi connectivity index (χ0) is 11.2. The quantitative estimate of drug-likeness (QED) is 0.397. The maximum atomic E-state index is 11.6. The molecule has 0 saturated carbocycles. The summed E-state index contributed by atoms with van der Waals surface area (Å²) in [5.74, 6) is -3.19. The van der Waals surface area contributed by atoms with Gasteiger partial charge in [-0.1, -0.05) is 13.3 Å². The molecule has 0 radical (unpaired) electrons. The molecule has 0 fully saturated rings. The molecule has 0 amide bonds. The first kappa shape index (κ1) is 12.9. The lowest BCUT2D eigenvalue weighted by molar-refractivity contribution is -0.174. The minimum absolute atomic E-state index is 0.0560. The maximum Gasteiger partial charge on any atom is 0.450 e. The number of Topliss-reactive ketones (excluding diaryl/α,β-unsaturated/α-hetero) is 1. The van der Waals surface area contributed by atoms with Gasteiger partial charge in [-0.25, -0.2) is 0 Å². The van der Waals surface area contributed by atoms with Gasteiger partial charge in [0.2, 0.25) is 5.78 Å². The van der Waals surface area contributed by atoms with Gasteiger partial charge >= 0.3 is 12.1 Å². The molecule has 0 aliphatic carbocycles. The Morgan fingerprint density at radius 1 is 1.29 bits per heavy atom. The number of hydrogen-bond acceptors (Lipinski definition) is 3. The number of rotatable bonds is 5. The highest BCUT2D eigenvalue weighted by Gasteiger charge is 2.39. The van der Waals surface area contributed by atoms with Gasteiger partial charge in [0.25, 0.3) is 0 Å². The number of unbranched alkanes of at least 4 members (excludes halogenated alkanes) is 1. The molecule has 0 N–H and O–H groups in total. The molecular formula is C8H11F3O3. The normalized spacial score (nSPS) is 11.1. The topological polar surface area (TPSA) is 43.4 Å². The Labute approximate surface area is 79.2 Å². The first-order valence-electron chi connectivity index (χ1n) is 4.13. The Morgan fingerprint density at radius 2 is 1.86 bits per heavy atom. The summed E-state index contributed by atoms with van der Waals surface area (Å²) in [5.41, 5.74) is 0. The molecule has 0 aromatic carbocycles. The molecule has 0 spiro atoms. The highest BCUT2D eigenvalue weighted by atomic mass is 19.4. The molecule has 0 heterocycles. The summed E-state index contributed by atoms with van der Waals surface area (Å²) >= 11 is 0. The maximum absolute atomic E-state index is 11.6. The lowest BCUT2D eigenvalue weighted by Gasteiger charge is -2.05. The highest BCUT2D eigenvalue weighted by molar-refractivity contribution is 5.98. The number of alkyl halides is 3. The SMILES string of the molecule is CCCCOC(=O)CC(=O)C(F)(F)F. The summed E-state index contributed by atoms with van der Waals surface area (Å²) in [7, 11) is 0. The van der Waals surface area contributed by atoms with E-state index in [-0.39, 0.29) is 6.61 Å². The predicted molar refractivity (Wildman–Crippen MR) is 41.5 cm³/mol. The summed E-state index contributed by atoms with van der Waals surface area (Å²) < 4.78 is 39.3. The number of carbonyl (C=O) groups is 2. The third kappa shape index (κ3) is 5.55. The van der Waals surface area contributed by atoms with Crippen LogP contribution in [0, 0.1) is 0 Å². The molecule has 0 aromatic heterocycles. The van der Waals surface area contributed by atoms with E-state index in [1.54, 1.807) is 0 Å². The lowest BCUT2D eigenvalue weighted by Crippen LogP contribution is -2.26. The van der Waals surface area contributed by atoms with Crippen molar-refractivity contribution in [1.29, 1.82) is 0 Å². The zero-order valence-corrected chi connectivity index (χ0v) is 7.69. The number of ketones is 1. The van der Waals surface area contributed by atoms with Crippen molar-refractivity contribution in [1.82, 2.24) is 0 Å². The molecule has 0 aliphatic rings. The van der Waals surface area contributed by atoms with Crippen molar-refractivity contribution in [2.45, 2.75) is 32.4 Å². The fraction of sp³-hybridized carbons (Fsp3) is 0.750. The molecule has 0 atom stereocenters. The van der Waals surface area contributed by atoms with Crippen molar-refractivity contribution >= 4 is 11.8 Å². The molecule has 82 valence electrons. The first-order chi connectivity index (χ1) is 6.38. The van der Waals surface area contributed by atoms with Crippen LogP contribution < -0.4 is 0 Å². The first-order valence-corrected chi connectivity index (χ1v) is 4.13. The van der Waals surface area contributed by atoms with Crippen LogP contribution in [-0.2, 0) is 14.3 Å². The number of halogens is 3. The summed E-state index contributed by atoms with van der Waals surface area (Å²) in [4.78, 5) is 20.9. The van der Waals surface area contributed by atoms with Crippen molar-refractivity contribution in [3.05, 3.63) is 0 Å². The van der Waals surface area contributed by atoms with Gasteiger partial charge in [0.05, 0.1) is 6.61 Å². The van der Waals surface area contributed by atoms with Crippen molar-refractivity contribution in [3.63, 3.8) is 0 Å². The van der Waals surface area contributed by atoms with E-state index in [1.807, 2.05) is 6.92 Å². The fourth-order valence-electron chi connectivity index (χ4n) is 0.613. The van der Waals surface area contributed by atoms with Gasteiger partial charge in [-0.05, 0) is 6.42 Å². The summed E-state index contributed by atoms with van der Waals surface area (Å²) in [6.45, 7) is 1.90. The predicted octanol–water partition coefficient (Wildman–Crippen LogP) is 1.85. The molecule has 0 bridgehead atoms. The number of hydrogen-bond donors (Lipinski definition) is 0. The number of esters is 1. The van der Waals surface area contributed by atoms with Crippen LogP contribution in [0.25, 0.3) is 0 Å². The van der Waals surface area contributed by atoms with Crippen LogP contribution in [-0.4, -0.2) is 24.5 Å². The Morgan fingerprint density at radius 3 is 2.29 bits per heavy atom. The molecule has 3 nitrogen and oxygen atoms in total. The van der Waals surface area contributed by atoms with E-state index in [4.69, 9.17) is 0 Å². The molecule has 0 aromatic rings. The fourth-order valence-corrected chi connectivity index (χ4v) is 0.613. The Kier molecular flexibility index (Phi) is 5.19. The van der Waals surface area contributed by atoms with Crippen LogP contribution in [0.15, 0.2) is 0 Å². The second kappa shape index (κ2) is 5.62. The van der Waals surface area contributed by atoms with Gasteiger partial charge in [-0.2, -0.15) is 13.2 Å². The van der Waals surface area contributed by atoms with Crippen molar-refractivity contribution in [2.75, 3.05) is 6.61 Å². The standard InChI is InChI=1S/C8H11F3O3/c1-2-3-4-14-7(13)5-6(12)8(9,10)11/h2-5H2,1H3. The van der Waals surface area contributed by atoms with Gasteiger partial charge < -0.3 is 4.74 Å². The van der Waals surface area contributed by atoms with E-state index in [9.17, 15) is 22.8 Å². The van der Waals surface area contributed by atoms with Crippen LogP contribution >= 0.6 is 0 Å². The molecule has 0 unspecified atom stereocenters. The van der Waals surface area contributed by atoms with E-state index in [0.29, 0.717) is 6.42 Å².